The van der Waals surface area contributed by atoms with Crippen molar-refractivity contribution >= 4 is 46.4 Å². The van der Waals surface area contributed by atoms with Gasteiger partial charge in [0.25, 0.3) is 11.8 Å². The minimum atomic E-state index is -0.979. The fourth-order valence-electron chi connectivity index (χ4n) is 2.88. The molecule has 0 unspecified atom stereocenters. The van der Waals surface area contributed by atoms with Crippen LogP contribution in [0.4, 0.5) is 5.69 Å². The highest BCUT2D eigenvalue weighted by Crippen LogP contribution is 2.23. The number of anilines is 1. The SMILES string of the molecule is C[C@H](OC(=O)[C@@H]1CCCN1C(=O)c1cccs1)C(=O)Nc1ccc(Cl)cc1. The maximum absolute atomic E-state index is 12.5. The molecule has 0 saturated carbocycles. The summed E-state index contributed by atoms with van der Waals surface area (Å²) in [6.45, 7) is 2.01. The van der Waals surface area contributed by atoms with Crippen LogP contribution in [0.25, 0.3) is 0 Å². The fraction of sp³-hybridized carbons (Fsp3) is 0.316. The average molecular weight is 407 g/mol. The van der Waals surface area contributed by atoms with E-state index in [1.165, 1.54) is 23.2 Å². The number of nitrogens with zero attached hydrogens (tertiary/aromatic N) is 1. The van der Waals surface area contributed by atoms with Crippen molar-refractivity contribution in [3.8, 4) is 0 Å². The molecular weight excluding hydrogens is 388 g/mol. The van der Waals surface area contributed by atoms with Crippen molar-refractivity contribution in [3.05, 3.63) is 51.7 Å². The standard InChI is InChI=1S/C19H19ClN2O4S/c1-12(17(23)21-14-8-6-13(20)7-9-14)26-19(25)15-4-2-10-22(15)18(24)16-5-3-11-27-16/h3,5-9,11-12,15H,2,4,10H2,1H3,(H,21,23)/t12-,15-/m0/s1. The molecule has 2 aromatic rings. The van der Waals surface area contributed by atoms with Gasteiger partial charge in [0.1, 0.15) is 6.04 Å². The van der Waals surface area contributed by atoms with Gasteiger partial charge in [-0.05, 0) is 55.5 Å². The van der Waals surface area contributed by atoms with Crippen molar-refractivity contribution < 1.29 is 19.1 Å². The van der Waals surface area contributed by atoms with Crippen LogP contribution in [0.3, 0.4) is 0 Å². The first-order valence-electron chi connectivity index (χ1n) is 8.57. The lowest BCUT2D eigenvalue weighted by Crippen LogP contribution is -2.43. The van der Waals surface area contributed by atoms with Gasteiger partial charge in [-0.1, -0.05) is 17.7 Å². The molecular formula is C19H19ClN2O4S. The third kappa shape index (κ3) is 4.67. The molecule has 1 aromatic heterocycles. The molecule has 1 saturated heterocycles. The van der Waals surface area contributed by atoms with Crippen molar-refractivity contribution in [2.45, 2.75) is 31.9 Å². The summed E-state index contributed by atoms with van der Waals surface area (Å²) in [6, 6.07) is 9.49. The number of rotatable bonds is 5. The van der Waals surface area contributed by atoms with Crippen LogP contribution in [0.15, 0.2) is 41.8 Å². The number of carbonyl (C=O) groups excluding carboxylic acids is 3. The Labute approximate surface area is 166 Å². The summed E-state index contributed by atoms with van der Waals surface area (Å²) in [4.78, 5) is 39.4. The number of amides is 2. The summed E-state index contributed by atoms with van der Waals surface area (Å²) in [5.41, 5.74) is 0.558. The molecule has 2 atom stereocenters. The molecule has 3 rings (SSSR count). The summed E-state index contributed by atoms with van der Waals surface area (Å²) < 4.78 is 5.32. The molecule has 2 heterocycles. The molecule has 6 nitrogen and oxygen atoms in total. The van der Waals surface area contributed by atoms with Gasteiger partial charge < -0.3 is 15.0 Å². The van der Waals surface area contributed by atoms with Gasteiger partial charge in [-0.3, -0.25) is 9.59 Å². The number of nitrogens with one attached hydrogen (secondary N) is 1. The van der Waals surface area contributed by atoms with E-state index in [-0.39, 0.29) is 5.91 Å². The summed E-state index contributed by atoms with van der Waals surface area (Å²) in [5, 5.41) is 5.05. The van der Waals surface area contributed by atoms with E-state index in [9.17, 15) is 14.4 Å². The summed E-state index contributed by atoms with van der Waals surface area (Å²) in [7, 11) is 0. The largest absolute Gasteiger partial charge is 0.451 e. The van der Waals surface area contributed by atoms with E-state index >= 15 is 0 Å². The normalized spacial score (nSPS) is 17.4. The number of hydrogen-bond acceptors (Lipinski definition) is 5. The van der Waals surface area contributed by atoms with Crippen molar-refractivity contribution in [1.82, 2.24) is 4.90 Å². The van der Waals surface area contributed by atoms with E-state index in [1.807, 2.05) is 5.38 Å². The Kier molecular flexibility index (Phi) is 6.13. The van der Waals surface area contributed by atoms with Crippen LogP contribution in [0.5, 0.6) is 0 Å². The van der Waals surface area contributed by atoms with Gasteiger partial charge in [0.05, 0.1) is 4.88 Å². The Hall–Kier alpha value is -2.38. The second kappa shape index (κ2) is 8.54. The van der Waals surface area contributed by atoms with Gasteiger partial charge in [0.2, 0.25) is 0 Å². The van der Waals surface area contributed by atoms with Crippen molar-refractivity contribution in [1.29, 1.82) is 0 Å². The second-order valence-corrected chi connectivity index (χ2v) is 7.59. The third-order valence-electron chi connectivity index (χ3n) is 4.29. The zero-order valence-corrected chi connectivity index (χ0v) is 16.3. The quantitative estimate of drug-likeness (QED) is 0.770. The summed E-state index contributed by atoms with van der Waals surface area (Å²) >= 11 is 7.15. The monoisotopic (exact) mass is 406 g/mol. The van der Waals surface area contributed by atoms with Gasteiger partial charge in [-0.2, -0.15) is 0 Å². The van der Waals surface area contributed by atoms with E-state index in [1.54, 1.807) is 36.4 Å². The van der Waals surface area contributed by atoms with Gasteiger partial charge in [-0.15, -0.1) is 11.3 Å². The lowest BCUT2D eigenvalue weighted by atomic mass is 10.2. The molecule has 1 aromatic carbocycles. The van der Waals surface area contributed by atoms with Gasteiger partial charge in [0, 0.05) is 17.3 Å². The molecule has 1 aliphatic heterocycles. The molecule has 0 spiro atoms. The number of likely N-dealkylation sites (tertiary alicyclic amines) is 1. The first kappa shape index (κ1) is 19.4. The van der Waals surface area contributed by atoms with Crippen molar-refractivity contribution in [2.75, 3.05) is 11.9 Å². The average Bonchev–Trinajstić information content (AvgIpc) is 3.34. The Bertz CT molecular complexity index is 823. The number of thiophene rings is 1. The van der Waals surface area contributed by atoms with Crippen LogP contribution < -0.4 is 5.32 Å². The van der Waals surface area contributed by atoms with Crippen molar-refractivity contribution in [3.63, 3.8) is 0 Å². The lowest BCUT2D eigenvalue weighted by molar-refractivity contribution is -0.156. The topological polar surface area (TPSA) is 75.7 Å². The highest BCUT2D eigenvalue weighted by molar-refractivity contribution is 7.12. The highest BCUT2D eigenvalue weighted by atomic mass is 35.5. The van der Waals surface area contributed by atoms with Gasteiger partial charge in [-0.25, -0.2) is 4.79 Å². The molecule has 142 valence electrons. The molecule has 8 heteroatoms. The molecule has 0 radical (unpaired) electrons. The Morgan fingerprint density at radius 3 is 2.67 bits per heavy atom. The zero-order valence-electron chi connectivity index (χ0n) is 14.7. The molecule has 1 aliphatic rings. The van der Waals surface area contributed by atoms with Gasteiger partial charge in [0.15, 0.2) is 6.10 Å². The summed E-state index contributed by atoms with van der Waals surface area (Å²) in [5.74, 6) is -1.18. The van der Waals surface area contributed by atoms with Crippen LogP contribution in [-0.4, -0.2) is 41.4 Å². The second-order valence-electron chi connectivity index (χ2n) is 6.21. The Balaban J connectivity index is 1.59. The van der Waals surface area contributed by atoms with E-state index in [2.05, 4.69) is 5.32 Å². The van der Waals surface area contributed by atoms with Crippen molar-refractivity contribution in [2.24, 2.45) is 0 Å². The zero-order chi connectivity index (χ0) is 19.4. The number of hydrogen-bond donors (Lipinski definition) is 1. The first-order valence-corrected chi connectivity index (χ1v) is 9.83. The summed E-state index contributed by atoms with van der Waals surface area (Å²) in [6.07, 6.45) is 0.274. The maximum atomic E-state index is 12.5. The molecule has 1 fully saturated rings. The molecule has 0 aliphatic carbocycles. The van der Waals surface area contributed by atoms with Crippen LogP contribution in [0.2, 0.25) is 5.02 Å². The number of benzene rings is 1. The number of halogens is 1. The molecule has 27 heavy (non-hydrogen) atoms. The van der Waals surface area contributed by atoms with Crippen LogP contribution in [-0.2, 0) is 14.3 Å². The Morgan fingerprint density at radius 1 is 1.26 bits per heavy atom. The molecule has 2 amide bonds. The van der Waals surface area contributed by atoms with E-state index in [4.69, 9.17) is 16.3 Å². The van der Waals surface area contributed by atoms with E-state index < -0.39 is 24.0 Å². The number of esters is 1. The minimum Gasteiger partial charge on any atom is -0.451 e. The van der Waals surface area contributed by atoms with Crippen LogP contribution in [0, 0.1) is 0 Å². The van der Waals surface area contributed by atoms with Crippen LogP contribution >= 0.6 is 22.9 Å². The maximum Gasteiger partial charge on any atom is 0.329 e. The third-order valence-corrected chi connectivity index (χ3v) is 5.40. The van der Waals surface area contributed by atoms with E-state index in [0.29, 0.717) is 28.6 Å². The predicted molar refractivity (Wildman–Crippen MR) is 104 cm³/mol. The Morgan fingerprint density at radius 2 is 2.00 bits per heavy atom. The predicted octanol–water partition coefficient (Wildman–Crippen LogP) is 3.58. The minimum absolute atomic E-state index is 0.178. The first-order chi connectivity index (χ1) is 13.0. The highest BCUT2D eigenvalue weighted by Gasteiger charge is 2.37. The molecule has 0 bridgehead atoms. The molecule has 1 N–H and O–H groups in total. The fourth-order valence-corrected chi connectivity index (χ4v) is 3.68. The van der Waals surface area contributed by atoms with Crippen LogP contribution in [0.1, 0.15) is 29.4 Å². The smallest absolute Gasteiger partial charge is 0.329 e. The number of carbonyl (C=O) groups is 3. The lowest BCUT2D eigenvalue weighted by Gasteiger charge is -2.24. The van der Waals surface area contributed by atoms with E-state index in [0.717, 1.165) is 6.42 Å². The van der Waals surface area contributed by atoms with Gasteiger partial charge >= 0.3 is 5.97 Å². The number of ether oxygens (including phenoxy) is 1.